The molecule has 0 aliphatic carbocycles. The average molecular weight is 241 g/mol. The maximum Gasteiger partial charge on any atom is 0.282 e. The normalized spacial score (nSPS) is 21.0. The van der Waals surface area contributed by atoms with E-state index in [0.717, 1.165) is 10.0 Å². The Labute approximate surface area is 84.7 Å². The number of hydrogen-bond acceptors (Lipinski definition) is 3. The van der Waals surface area contributed by atoms with Gasteiger partial charge in [0.25, 0.3) is 6.02 Å². The number of nitrogens with zero attached hydrogens (tertiary/aromatic N) is 1. The molecule has 0 spiro atoms. The molecular formula is C9H9BrN2O. The third-order valence-corrected chi connectivity index (χ3v) is 2.40. The molecule has 68 valence electrons. The molecule has 1 atom stereocenters. The largest absolute Gasteiger partial charge is 0.463 e. The van der Waals surface area contributed by atoms with Gasteiger partial charge >= 0.3 is 0 Å². The minimum absolute atomic E-state index is 0.0532. The highest BCUT2D eigenvalue weighted by molar-refractivity contribution is 9.10. The summed E-state index contributed by atoms with van der Waals surface area (Å²) >= 11 is 3.40. The fourth-order valence-corrected chi connectivity index (χ4v) is 1.69. The number of benzene rings is 1. The summed E-state index contributed by atoms with van der Waals surface area (Å²) in [6.45, 7) is 0.544. The summed E-state index contributed by atoms with van der Waals surface area (Å²) in [5.74, 6) is 0. The Morgan fingerprint density at radius 3 is 3.00 bits per heavy atom. The number of halogens is 1. The van der Waals surface area contributed by atoms with Gasteiger partial charge in [0.05, 0.1) is 0 Å². The van der Waals surface area contributed by atoms with Crippen LogP contribution in [0.1, 0.15) is 11.6 Å². The van der Waals surface area contributed by atoms with Crippen molar-refractivity contribution < 1.29 is 4.74 Å². The highest BCUT2D eigenvalue weighted by Crippen LogP contribution is 2.24. The van der Waals surface area contributed by atoms with Crippen molar-refractivity contribution in [2.24, 2.45) is 10.7 Å². The van der Waals surface area contributed by atoms with E-state index in [1.165, 1.54) is 0 Å². The molecule has 0 aromatic heterocycles. The van der Waals surface area contributed by atoms with E-state index in [2.05, 4.69) is 20.9 Å². The van der Waals surface area contributed by atoms with Crippen molar-refractivity contribution in [1.29, 1.82) is 0 Å². The molecule has 1 aromatic carbocycles. The van der Waals surface area contributed by atoms with E-state index in [1.54, 1.807) is 0 Å². The van der Waals surface area contributed by atoms with Crippen molar-refractivity contribution in [3.8, 4) is 0 Å². The van der Waals surface area contributed by atoms with Gasteiger partial charge in [0, 0.05) is 4.47 Å². The van der Waals surface area contributed by atoms with Gasteiger partial charge in [-0.25, -0.2) is 4.99 Å². The number of rotatable bonds is 1. The van der Waals surface area contributed by atoms with Crippen molar-refractivity contribution in [3.05, 3.63) is 34.3 Å². The number of nitrogens with two attached hydrogens (primary N) is 1. The Balaban J connectivity index is 2.26. The molecule has 1 aliphatic rings. The lowest BCUT2D eigenvalue weighted by Gasteiger charge is -2.04. The molecule has 0 bridgehead atoms. The summed E-state index contributed by atoms with van der Waals surface area (Å²) in [4.78, 5) is 4.15. The lowest BCUT2D eigenvalue weighted by molar-refractivity contribution is 0.315. The van der Waals surface area contributed by atoms with E-state index in [-0.39, 0.29) is 12.1 Å². The van der Waals surface area contributed by atoms with Crippen molar-refractivity contribution in [1.82, 2.24) is 0 Å². The van der Waals surface area contributed by atoms with Crippen molar-refractivity contribution in [2.45, 2.75) is 6.04 Å². The predicted octanol–water partition coefficient (Wildman–Crippen LogP) is 1.84. The van der Waals surface area contributed by atoms with Crippen molar-refractivity contribution in [3.63, 3.8) is 0 Å². The van der Waals surface area contributed by atoms with Crippen LogP contribution in [0.15, 0.2) is 33.7 Å². The second kappa shape index (κ2) is 3.38. The predicted molar refractivity (Wildman–Crippen MR) is 54.5 cm³/mol. The van der Waals surface area contributed by atoms with Gasteiger partial charge in [0.15, 0.2) is 0 Å². The second-order valence-electron chi connectivity index (χ2n) is 2.85. The van der Waals surface area contributed by atoms with Gasteiger partial charge in [-0.1, -0.05) is 28.1 Å². The molecule has 0 unspecified atom stereocenters. The Morgan fingerprint density at radius 1 is 1.54 bits per heavy atom. The molecule has 3 nitrogen and oxygen atoms in total. The van der Waals surface area contributed by atoms with Gasteiger partial charge in [-0.2, -0.15) is 0 Å². The Morgan fingerprint density at radius 2 is 2.38 bits per heavy atom. The van der Waals surface area contributed by atoms with Crippen LogP contribution < -0.4 is 5.73 Å². The first kappa shape index (κ1) is 8.56. The lowest BCUT2D eigenvalue weighted by Crippen LogP contribution is -2.10. The topological polar surface area (TPSA) is 47.6 Å². The SMILES string of the molecule is NC1=N[C@H](c2cccc(Br)c2)CO1. The molecule has 1 heterocycles. The monoisotopic (exact) mass is 240 g/mol. The van der Waals surface area contributed by atoms with Crippen LogP contribution in [-0.2, 0) is 4.74 Å². The number of ether oxygens (including phenoxy) is 1. The molecule has 2 N–H and O–H groups in total. The zero-order valence-electron chi connectivity index (χ0n) is 6.90. The molecule has 2 rings (SSSR count). The van der Waals surface area contributed by atoms with E-state index in [1.807, 2.05) is 24.3 Å². The highest BCUT2D eigenvalue weighted by atomic mass is 79.9. The summed E-state index contributed by atoms with van der Waals surface area (Å²) in [6.07, 6.45) is 0. The first-order valence-corrected chi connectivity index (χ1v) is 4.76. The van der Waals surface area contributed by atoms with E-state index in [4.69, 9.17) is 10.5 Å². The third kappa shape index (κ3) is 1.83. The van der Waals surface area contributed by atoms with Gasteiger partial charge in [-0.15, -0.1) is 0 Å². The molecule has 13 heavy (non-hydrogen) atoms. The zero-order chi connectivity index (χ0) is 9.26. The van der Waals surface area contributed by atoms with Crippen molar-refractivity contribution in [2.75, 3.05) is 6.61 Å². The van der Waals surface area contributed by atoms with Gasteiger partial charge in [-0.3, -0.25) is 0 Å². The van der Waals surface area contributed by atoms with Gasteiger partial charge in [0.2, 0.25) is 0 Å². The maximum atomic E-state index is 5.42. The van der Waals surface area contributed by atoms with Gasteiger partial charge in [0.1, 0.15) is 12.6 Å². The quantitative estimate of drug-likeness (QED) is 0.815. The summed E-state index contributed by atoms with van der Waals surface area (Å²) < 4.78 is 6.12. The summed E-state index contributed by atoms with van der Waals surface area (Å²) in [7, 11) is 0. The molecule has 1 aliphatic heterocycles. The van der Waals surface area contributed by atoms with E-state index < -0.39 is 0 Å². The van der Waals surface area contributed by atoms with Gasteiger partial charge in [-0.05, 0) is 17.7 Å². The minimum atomic E-state index is 0.0532. The lowest BCUT2D eigenvalue weighted by atomic mass is 10.1. The van der Waals surface area contributed by atoms with Crippen LogP contribution in [0.3, 0.4) is 0 Å². The Bertz CT molecular complexity index is 351. The molecule has 0 saturated carbocycles. The van der Waals surface area contributed by atoms with Gasteiger partial charge < -0.3 is 10.5 Å². The average Bonchev–Trinajstić information content (AvgIpc) is 2.52. The van der Waals surface area contributed by atoms with Crippen LogP contribution in [0, 0.1) is 0 Å². The Kier molecular flexibility index (Phi) is 2.22. The highest BCUT2D eigenvalue weighted by Gasteiger charge is 2.18. The summed E-state index contributed by atoms with van der Waals surface area (Å²) in [6, 6.07) is 8.33. The van der Waals surface area contributed by atoms with Crippen LogP contribution in [0.25, 0.3) is 0 Å². The molecule has 0 saturated heterocycles. The van der Waals surface area contributed by atoms with Crippen molar-refractivity contribution >= 4 is 22.0 Å². The third-order valence-electron chi connectivity index (χ3n) is 1.91. The van der Waals surface area contributed by atoms with Crippen LogP contribution in [0.2, 0.25) is 0 Å². The van der Waals surface area contributed by atoms with Crippen LogP contribution in [0.4, 0.5) is 0 Å². The van der Waals surface area contributed by atoms with Crippen LogP contribution in [-0.4, -0.2) is 12.6 Å². The van der Waals surface area contributed by atoms with E-state index >= 15 is 0 Å². The molecule has 0 fully saturated rings. The summed E-state index contributed by atoms with van der Waals surface area (Å²) in [5.41, 5.74) is 6.54. The number of hydrogen-bond donors (Lipinski definition) is 1. The molecule has 0 radical (unpaired) electrons. The fourth-order valence-electron chi connectivity index (χ4n) is 1.28. The number of aliphatic imine (C=N–C) groups is 1. The maximum absolute atomic E-state index is 5.42. The van der Waals surface area contributed by atoms with E-state index in [9.17, 15) is 0 Å². The molecular weight excluding hydrogens is 232 g/mol. The number of amidine groups is 1. The molecule has 0 amide bonds. The summed E-state index contributed by atoms with van der Waals surface area (Å²) in [5, 5.41) is 0. The molecule has 4 heteroatoms. The second-order valence-corrected chi connectivity index (χ2v) is 3.76. The van der Waals surface area contributed by atoms with E-state index in [0.29, 0.717) is 6.61 Å². The Hall–Kier alpha value is -1.03. The van der Waals surface area contributed by atoms with Crippen LogP contribution in [0.5, 0.6) is 0 Å². The molecule has 1 aromatic rings. The smallest absolute Gasteiger partial charge is 0.282 e. The minimum Gasteiger partial charge on any atom is -0.463 e. The fraction of sp³-hybridized carbons (Fsp3) is 0.222. The first-order chi connectivity index (χ1) is 6.25. The standard InChI is InChI=1S/C9H9BrN2O/c10-7-3-1-2-6(4-7)8-5-13-9(11)12-8/h1-4,8H,5H2,(H2,11,12)/t8-/m0/s1. The van der Waals surface area contributed by atoms with Crippen LogP contribution >= 0.6 is 15.9 Å². The first-order valence-electron chi connectivity index (χ1n) is 3.97. The zero-order valence-corrected chi connectivity index (χ0v) is 8.49.